The molecule has 0 saturated heterocycles. The molecule has 0 unspecified atom stereocenters. The second kappa shape index (κ2) is 28.3. The zero-order chi connectivity index (χ0) is 71.0. The summed E-state index contributed by atoms with van der Waals surface area (Å²) in [7, 11) is 0. The first-order valence-electron chi connectivity index (χ1n) is 36.0. The minimum absolute atomic E-state index is 0.0243. The predicted octanol–water partition coefficient (Wildman–Crippen LogP) is 17.0. The largest absolute Gasteiger partial charge is 0.481 e. The van der Waals surface area contributed by atoms with Crippen LogP contribution in [0.3, 0.4) is 0 Å². The number of carboxylic acid groups (broad SMARTS) is 1. The van der Waals surface area contributed by atoms with E-state index < -0.39 is 23.7 Å². The average Bonchev–Trinajstić information content (AvgIpc) is 1.19. The zero-order valence-electron chi connectivity index (χ0n) is 56.8. The number of aromatic amines is 2. The zero-order valence-corrected chi connectivity index (χ0v) is 59.9. The molecule has 11 heterocycles. The number of rotatable bonds is 16. The van der Waals surface area contributed by atoms with Crippen LogP contribution in [0.25, 0.3) is 84.1 Å². The Kier molecular flexibility index (Phi) is 18.5. The number of aliphatic carboxylic acids is 1. The van der Waals surface area contributed by atoms with E-state index >= 15 is 8.78 Å². The first kappa shape index (κ1) is 67.8. The van der Waals surface area contributed by atoms with Crippen molar-refractivity contribution in [3.05, 3.63) is 147 Å². The van der Waals surface area contributed by atoms with Crippen molar-refractivity contribution < 1.29 is 27.9 Å². The summed E-state index contributed by atoms with van der Waals surface area (Å²) in [6.45, 7) is 4.71. The summed E-state index contributed by atoms with van der Waals surface area (Å²) in [5, 5.41) is 20.1. The number of pyridine rings is 1. The van der Waals surface area contributed by atoms with Gasteiger partial charge in [0.2, 0.25) is 6.41 Å². The molecule has 6 atom stereocenters. The summed E-state index contributed by atoms with van der Waals surface area (Å²) in [5.74, 6) is 5.41. The fraction of sp³-hybridized carbons (Fsp3) is 0.408. The number of fused-ring (bicyclic) bond motifs is 12. The number of amides is 1. The lowest BCUT2D eigenvalue weighted by atomic mass is 9.58. The van der Waals surface area contributed by atoms with Crippen molar-refractivity contribution in [2.75, 3.05) is 16.0 Å². The molecular formula is C76H73Cl3F2N18O4S. The summed E-state index contributed by atoms with van der Waals surface area (Å²) >= 11 is 20.0. The number of hydrogen-bond donors (Lipinski definition) is 6. The van der Waals surface area contributed by atoms with Gasteiger partial charge in [0.05, 0.1) is 57.6 Å². The first-order chi connectivity index (χ1) is 50.6. The fourth-order valence-corrected chi connectivity index (χ4v) is 19.4. The molecule has 1 amide bonds. The molecule has 22 nitrogen and oxygen atoms in total. The van der Waals surface area contributed by atoms with Gasteiger partial charge in [0.15, 0.2) is 63.7 Å². The summed E-state index contributed by atoms with van der Waals surface area (Å²) in [4.78, 5) is 90.2. The van der Waals surface area contributed by atoms with E-state index in [9.17, 15) is 14.7 Å². The molecule has 10 saturated carbocycles. The van der Waals surface area contributed by atoms with Crippen LogP contribution in [0.5, 0.6) is 0 Å². The molecule has 11 aliphatic rings. The number of aromatic nitrogens is 15. The highest BCUT2D eigenvalue weighted by molar-refractivity contribution is 7.15. The fourth-order valence-electron chi connectivity index (χ4n) is 17.8. The second-order valence-corrected chi connectivity index (χ2v) is 31.4. The molecule has 28 heteroatoms. The number of H-pyrrole nitrogens is 2. The molecule has 0 radical (unpaired) electrons. The van der Waals surface area contributed by atoms with Crippen molar-refractivity contribution in [1.29, 1.82) is 0 Å². The Balaban J connectivity index is 0.000000115. The second-order valence-electron chi connectivity index (χ2n) is 29.1. The minimum atomic E-state index is -0.853. The van der Waals surface area contributed by atoms with Crippen LogP contribution in [0.4, 0.5) is 26.3 Å². The van der Waals surface area contributed by atoms with E-state index in [0.29, 0.717) is 138 Å². The summed E-state index contributed by atoms with van der Waals surface area (Å²) in [5.41, 5.74) is 8.11. The highest BCUT2D eigenvalue weighted by Crippen LogP contribution is 2.52. The Morgan fingerprint density at radius 3 is 1.88 bits per heavy atom. The highest BCUT2D eigenvalue weighted by atomic mass is 35.5. The molecule has 11 aromatic heterocycles. The van der Waals surface area contributed by atoms with Crippen LogP contribution in [-0.4, -0.2) is 104 Å². The van der Waals surface area contributed by atoms with Crippen molar-refractivity contribution in [3.63, 3.8) is 0 Å². The van der Waals surface area contributed by atoms with Gasteiger partial charge in [0.25, 0.3) is 0 Å². The highest BCUT2D eigenvalue weighted by Gasteiger charge is 2.49. The number of allylic oxidation sites excluding steroid dienone is 1. The lowest BCUT2D eigenvalue weighted by molar-refractivity contribution is -0.148. The number of carboxylic acids is 1. The minimum Gasteiger partial charge on any atom is -0.481 e. The number of carbonyl (C=O) groups excluding carboxylic acids is 1. The van der Waals surface area contributed by atoms with Gasteiger partial charge in [0, 0.05) is 59.3 Å². The van der Waals surface area contributed by atoms with Gasteiger partial charge in [-0.3, -0.25) is 24.9 Å². The molecule has 104 heavy (non-hydrogen) atoms. The quantitative estimate of drug-likeness (QED) is 0.0490. The maximum absolute atomic E-state index is 16.1. The predicted molar refractivity (Wildman–Crippen MR) is 393 cm³/mol. The van der Waals surface area contributed by atoms with Gasteiger partial charge in [-0.2, -0.15) is 0 Å². The lowest BCUT2D eigenvalue weighted by Gasteiger charge is -2.47. The third-order valence-corrected chi connectivity index (χ3v) is 25.1. The van der Waals surface area contributed by atoms with Gasteiger partial charge < -0.3 is 30.1 Å². The smallest absolute Gasteiger partial charge is 0.308 e. The Morgan fingerprint density at radius 2 is 1.22 bits per heavy atom. The number of thiophene rings is 1. The van der Waals surface area contributed by atoms with Crippen molar-refractivity contribution >= 4 is 104 Å². The van der Waals surface area contributed by atoms with E-state index in [0.717, 1.165) is 65.8 Å². The number of nitrogens with zero attached hydrogens (tertiary/aromatic N) is 13. The molecule has 0 spiro atoms. The van der Waals surface area contributed by atoms with Gasteiger partial charge in [-0.25, -0.2) is 63.6 Å². The van der Waals surface area contributed by atoms with Gasteiger partial charge in [0.1, 0.15) is 43.6 Å². The molecule has 6 bridgehead atoms. The molecule has 10 fully saturated rings. The molecule has 0 aromatic carbocycles. The number of furan rings is 1. The van der Waals surface area contributed by atoms with E-state index in [2.05, 4.69) is 90.7 Å². The van der Waals surface area contributed by atoms with Crippen molar-refractivity contribution in [2.24, 2.45) is 59.2 Å². The van der Waals surface area contributed by atoms with E-state index in [4.69, 9.17) is 59.2 Å². The van der Waals surface area contributed by atoms with Gasteiger partial charge in [-0.1, -0.05) is 60.8 Å². The number of carbonyl (C=O) groups is 2. The summed E-state index contributed by atoms with van der Waals surface area (Å²) in [6, 6.07) is 14.6. The van der Waals surface area contributed by atoms with Gasteiger partial charge >= 0.3 is 5.97 Å². The maximum atomic E-state index is 16.1. The molecule has 22 rings (SSSR count). The van der Waals surface area contributed by atoms with Gasteiger partial charge in [-0.05, 0) is 192 Å². The molecule has 11 aliphatic carbocycles. The van der Waals surface area contributed by atoms with Crippen molar-refractivity contribution in [2.45, 2.75) is 135 Å². The van der Waals surface area contributed by atoms with Crippen LogP contribution >= 0.6 is 46.1 Å². The van der Waals surface area contributed by atoms with Crippen LogP contribution in [0, 0.1) is 70.8 Å². The van der Waals surface area contributed by atoms with Crippen LogP contribution in [-0.2, 0) is 22.4 Å². The first-order valence-corrected chi connectivity index (χ1v) is 37.9. The number of nitrogens with one attached hydrogen (secondary N) is 5. The Bertz CT molecular complexity index is 5120. The topological polar surface area (TPSA) is 303 Å². The standard InChI is InChI=1S/C26H26ClFN6S.C25H22ClFN6O2.C25H25ClN6O2/c1-12-13-2-6-15(7-3-13)21(12)32-25-20(28)23(18-9-8-17(35-18)14-4-5-14)33-24(34-25)16-10-29-26-22(16)31-19(27)11-30-26;26-17-11-29-16-9-8-14(21(16)30-17)23-32-22(15-3-1-2-10-28-15)19(27)24(33-23)31-20-13-6-4-12(5-7-13)18(20)25(34)35;1-13-14-2-4-15(5-3-14)17(13)8-16-9-19(20-6-7-22(34-20)29-12-33)31-24(30-16)18-10-27-25-23(18)32-21(26)11-28-25/h8-15,21H,2-7H2,1H3,(H,29,30)(H,32,33,34);1-3,8,10-13,18,20H,4-7,9H2,(H,34,35)(H,31,32,33);6-7,9-15,17H,2-5,8H2,1H3,(H,27,28)(H,29,33)/t12-,13?,15?,21+;12?,13?,18-,20-;13-,14?,15?,17+/m000/s1. The molecule has 11 aromatic rings. The summed E-state index contributed by atoms with van der Waals surface area (Å²) in [6.07, 6.45) is 29.9. The van der Waals surface area contributed by atoms with Gasteiger partial charge in [-0.15, -0.1) is 11.3 Å². The third kappa shape index (κ3) is 13.2. The maximum Gasteiger partial charge on any atom is 0.308 e. The summed E-state index contributed by atoms with van der Waals surface area (Å²) < 4.78 is 37.8. The number of halogens is 5. The van der Waals surface area contributed by atoms with Crippen molar-refractivity contribution in [3.8, 4) is 56.2 Å². The molecular weight excluding hydrogens is 1410 g/mol. The average molecular weight is 1480 g/mol. The molecule has 532 valence electrons. The normalized spacial score (nSPS) is 24.9. The monoisotopic (exact) mass is 1480 g/mol. The Labute approximate surface area is 615 Å². The Morgan fingerprint density at radius 1 is 0.615 bits per heavy atom. The number of anilines is 3. The van der Waals surface area contributed by atoms with Crippen LogP contribution < -0.4 is 16.0 Å². The van der Waals surface area contributed by atoms with Crippen LogP contribution in [0.1, 0.15) is 137 Å². The Hall–Kier alpha value is -9.30. The van der Waals surface area contributed by atoms with Crippen LogP contribution in [0.15, 0.2) is 96.2 Å². The molecule has 0 aliphatic heterocycles. The van der Waals surface area contributed by atoms with E-state index in [-0.39, 0.29) is 52.0 Å². The third-order valence-electron chi connectivity index (χ3n) is 23.3. The SMILES string of the molecule is C[C@H]1C2CCC(CC2)[C@@H]1Cc1cc(-c2ccc(NC=O)o2)nc(-c2c[nH]c3ncc(Cl)nc23)n1.C[C@H]1C2CCC(CC2)[C@@H]1Nc1nc(-c2c[nH]c3ncc(Cl)nc23)nc(-c2ccc(C3CC3)s2)c1F.O=C(O)[C@H]1C2CCC(CC2)[C@@H]1Nc1nc(C2=CCc3ncc(Cl)nc32)nc(-c2ccccn2)c1F. The van der Waals surface area contributed by atoms with Crippen LogP contribution in [0.2, 0.25) is 15.5 Å². The molecule has 6 N–H and O–H groups in total. The van der Waals surface area contributed by atoms with E-state index in [1.54, 1.807) is 54.1 Å². The lowest BCUT2D eigenvalue weighted by Crippen LogP contribution is -2.51. The number of hydrogen-bond acceptors (Lipinski definition) is 19. The van der Waals surface area contributed by atoms with E-state index in [1.165, 1.54) is 87.7 Å². The van der Waals surface area contributed by atoms with E-state index in [1.807, 2.05) is 24.4 Å². The van der Waals surface area contributed by atoms with Crippen molar-refractivity contribution in [1.82, 2.24) is 74.8 Å².